The van der Waals surface area contributed by atoms with Crippen molar-refractivity contribution in [1.82, 2.24) is 4.57 Å². The Bertz CT molecular complexity index is 1770. The molecule has 0 bridgehead atoms. The number of ether oxygens (including phenoxy) is 4. The average molecular weight is 643 g/mol. The Kier molecular flexibility index (Phi) is 9.21. The normalized spacial score (nSPS) is 14.3. The van der Waals surface area contributed by atoms with E-state index in [4.69, 9.17) is 24.2 Å². The first kappa shape index (κ1) is 29.5. The summed E-state index contributed by atoms with van der Waals surface area (Å²) in [5.74, 6) is 0.209. The number of nitro benzene ring substituents is 1. The monoisotopic (exact) mass is 642 g/mol. The van der Waals surface area contributed by atoms with Crippen LogP contribution in [0.4, 0.5) is 5.69 Å². The van der Waals surface area contributed by atoms with Crippen LogP contribution in [0.3, 0.4) is 0 Å². The number of hydrogen-bond acceptors (Lipinski definition) is 11. The molecule has 12 nitrogen and oxygen atoms in total. The molecular weight excluding hydrogens is 620 g/mol. The first-order valence-corrected chi connectivity index (χ1v) is 13.8. The van der Waals surface area contributed by atoms with Crippen LogP contribution >= 0.6 is 27.3 Å². The van der Waals surface area contributed by atoms with E-state index < -0.39 is 22.5 Å². The second-order valence-electron chi connectivity index (χ2n) is 8.30. The van der Waals surface area contributed by atoms with Gasteiger partial charge in [0.1, 0.15) is 6.07 Å². The minimum Gasteiger partial charge on any atom is -0.490 e. The third kappa shape index (κ3) is 6.01. The third-order valence-electron chi connectivity index (χ3n) is 5.83. The van der Waals surface area contributed by atoms with Crippen molar-refractivity contribution in [2.75, 3.05) is 26.9 Å². The van der Waals surface area contributed by atoms with Crippen LogP contribution in [0.1, 0.15) is 31.0 Å². The highest BCUT2D eigenvalue weighted by Crippen LogP contribution is 2.37. The van der Waals surface area contributed by atoms with Gasteiger partial charge < -0.3 is 18.9 Å². The van der Waals surface area contributed by atoms with Gasteiger partial charge in [-0.2, -0.15) is 5.26 Å². The Morgan fingerprint density at radius 3 is 2.61 bits per heavy atom. The molecule has 0 amide bonds. The summed E-state index contributed by atoms with van der Waals surface area (Å²) in [6.45, 7) is 4.09. The molecule has 0 fully saturated rings. The van der Waals surface area contributed by atoms with E-state index in [1.54, 1.807) is 24.3 Å². The molecule has 0 saturated heterocycles. The van der Waals surface area contributed by atoms with Gasteiger partial charge in [0.25, 0.3) is 5.56 Å². The Balaban J connectivity index is 1.90. The van der Waals surface area contributed by atoms with Crippen LogP contribution in [-0.4, -0.2) is 42.4 Å². The quantitative estimate of drug-likeness (QED) is 0.184. The number of benzene rings is 2. The highest BCUT2D eigenvalue weighted by Gasteiger charge is 2.31. The molecule has 4 rings (SSSR count). The summed E-state index contributed by atoms with van der Waals surface area (Å²) < 4.78 is 23.5. The summed E-state index contributed by atoms with van der Waals surface area (Å²) in [5, 5.41) is 20.5. The molecule has 0 radical (unpaired) electrons. The zero-order valence-corrected chi connectivity index (χ0v) is 24.5. The molecular formula is C27H23BrN4O8S. The predicted molar refractivity (Wildman–Crippen MR) is 152 cm³/mol. The van der Waals surface area contributed by atoms with Crippen LogP contribution in [0.2, 0.25) is 0 Å². The summed E-state index contributed by atoms with van der Waals surface area (Å²) in [7, 11) is 1.24. The molecule has 2 aromatic carbocycles. The molecule has 1 aliphatic heterocycles. The maximum absolute atomic E-state index is 13.8. The van der Waals surface area contributed by atoms with Gasteiger partial charge in [0, 0.05) is 12.3 Å². The number of nitriles is 1. The van der Waals surface area contributed by atoms with Gasteiger partial charge in [0.15, 0.2) is 22.9 Å². The molecule has 0 N–H and O–H groups in total. The number of esters is 1. The standard InChI is InChI=1S/C27H23BrN4O8S/c1-4-38-20-7-6-16(13-21(20)39-5-2)23-17(26(34)37-3)14-30-27-31(23)25(33)22(41-27)12-15-10-18(28)24(40-9-8-29)19(11-15)32(35)36/h6-7,10-14,23H,4-5,9H2,1-3H3/b22-12+/t23-/m1/s1. The molecule has 2 heterocycles. The van der Waals surface area contributed by atoms with Crippen molar-refractivity contribution in [3.63, 3.8) is 0 Å². The third-order valence-corrected chi connectivity index (χ3v) is 7.42. The number of carbonyl (C=O) groups is 1. The highest BCUT2D eigenvalue weighted by molar-refractivity contribution is 9.10. The van der Waals surface area contributed by atoms with Gasteiger partial charge in [0.05, 0.1) is 45.9 Å². The Labute approximate surface area is 245 Å². The molecule has 1 atom stereocenters. The number of methoxy groups -OCH3 is 1. The number of fused-ring (bicyclic) bond motifs is 1. The van der Waals surface area contributed by atoms with Gasteiger partial charge in [-0.3, -0.25) is 19.5 Å². The molecule has 3 aromatic rings. The number of thiazole rings is 1. The molecule has 0 unspecified atom stereocenters. The van der Waals surface area contributed by atoms with Gasteiger partial charge in [-0.1, -0.05) is 17.4 Å². The van der Waals surface area contributed by atoms with Crippen LogP contribution in [0.15, 0.2) is 56.4 Å². The largest absolute Gasteiger partial charge is 0.490 e. The van der Waals surface area contributed by atoms with E-state index in [2.05, 4.69) is 20.9 Å². The SMILES string of the molecule is CCOc1ccc([C@@H]2C(C(=O)OC)=CN=c3s/c(=C/c4cc(Br)c(OCC#N)c([N+](=O)[O-])c4)c(=O)n32)cc1OCC. The highest BCUT2D eigenvalue weighted by atomic mass is 79.9. The molecule has 41 heavy (non-hydrogen) atoms. The smallest absolute Gasteiger partial charge is 0.337 e. The summed E-state index contributed by atoms with van der Waals surface area (Å²) in [4.78, 5) is 42.3. The topological polar surface area (TPSA) is 155 Å². The Morgan fingerprint density at radius 1 is 1.22 bits per heavy atom. The zero-order valence-electron chi connectivity index (χ0n) is 22.1. The van der Waals surface area contributed by atoms with Gasteiger partial charge in [-0.05, 0) is 65.2 Å². The fraction of sp³-hybridized carbons (Fsp3) is 0.259. The van der Waals surface area contributed by atoms with E-state index in [1.165, 1.54) is 36.1 Å². The maximum Gasteiger partial charge on any atom is 0.337 e. The first-order chi connectivity index (χ1) is 19.7. The van der Waals surface area contributed by atoms with Crippen molar-refractivity contribution in [3.05, 3.63) is 87.5 Å². The number of hydrogen-bond donors (Lipinski definition) is 0. The van der Waals surface area contributed by atoms with Crippen LogP contribution in [-0.2, 0) is 9.53 Å². The van der Waals surface area contributed by atoms with Crippen molar-refractivity contribution in [3.8, 4) is 23.3 Å². The van der Waals surface area contributed by atoms with Crippen molar-refractivity contribution in [2.45, 2.75) is 19.9 Å². The minimum absolute atomic E-state index is 0.0986. The molecule has 212 valence electrons. The number of aromatic nitrogens is 1. The number of rotatable bonds is 10. The van der Waals surface area contributed by atoms with Gasteiger partial charge in [-0.25, -0.2) is 9.79 Å². The van der Waals surface area contributed by atoms with Crippen LogP contribution in [0, 0.1) is 21.4 Å². The number of nitro groups is 1. The molecule has 1 aliphatic rings. The number of nitrogens with zero attached hydrogens (tertiary/aromatic N) is 4. The average Bonchev–Trinajstić information content (AvgIpc) is 3.27. The molecule has 1 aromatic heterocycles. The van der Waals surface area contributed by atoms with Gasteiger partial charge >= 0.3 is 11.7 Å². The van der Waals surface area contributed by atoms with Gasteiger partial charge in [0.2, 0.25) is 5.75 Å². The predicted octanol–water partition coefficient (Wildman–Crippen LogP) is 3.39. The van der Waals surface area contributed by atoms with Gasteiger partial charge in [-0.15, -0.1) is 0 Å². The minimum atomic E-state index is -0.890. The summed E-state index contributed by atoms with van der Waals surface area (Å²) >= 11 is 4.31. The second-order valence-corrected chi connectivity index (χ2v) is 10.2. The lowest BCUT2D eigenvalue weighted by Gasteiger charge is -2.23. The Morgan fingerprint density at radius 2 is 1.95 bits per heavy atom. The molecule has 14 heteroatoms. The van der Waals surface area contributed by atoms with E-state index in [0.29, 0.717) is 40.6 Å². The molecule has 0 saturated carbocycles. The number of carbonyl (C=O) groups excluding carboxylic acids is 1. The van der Waals surface area contributed by atoms with Crippen molar-refractivity contribution < 1.29 is 28.7 Å². The number of halogens is 1. The summed E-state index contributed by atoms with van der Waals surface area (Å²) in [6, 6.07) is 8.82. The maximum atomic E-state index is 13.8. The van der Waals surface area contributed by atoms with E-state index in [0.717, 1.165) is 11.3 Å². The first-order valence-electron chi connectivity index (χ1n) is 12.2. The lowest BCUT2D eigenvalue weighted by Crippen LogP contribution is -2.39. The van der Waals surface area contributed by atoms with E-state index in [-0.39, 0.29) is 32.6 Å². The fourth-order valence-corrected chi connectivity index (χ4v) is 5.76. The van der Waals surface area contributed by atoms with Crippen molar-refractivity contribution in [1.29, 1.82) is 5.26 Å². The van der Waals surface area contributed by atoms with Crippen LogP contribution in [0.25, 0.3) is 6.08 Å². The van der Waals surface area contributed by atoms with Crippen LogP contribution in [0.5, 0.6) is 17.2 Å². The van der Waals surface area contributed by atoms with Crippen molar-refractivity contribution >= 4 is 45.0 Å². The van der Waals surface area contributed by atoms with E-state index in [1.807, 2.05) is 13.8 Å². The zero-order chi connectivity index (χ0) is 29.7. The van der Waals surface area contributed by atoms with E-state index in [9.17, 15) is 19.7 Å². The van der Waals surface area contributed by atoms with E-state index >= 15 is 0 Å². The molecule has 0 aliphatic carbocycles. The molecule has 0 spiro atoms. The summed E-state index contributed by atoms with van der Waals surface area (Å²) in [5.41, 5.74) is 0.187. The Hall–Kier alpha value is -4.48. The second kappa shape index (κ2) is 12.8. The fourth-order valence-electron chi connectivity index (χ4n) is 4.20. The summed E-state index contributed by atoms with van der Waals surface area (Å²) in [6.07, 6.45) is 2.85. The lowest BCUT2D eigenvalue weighted by atomic mass is 9.97. The van der Waals surface area contributed by atoms with Crippen molar-refractivity contribution in [2.24, 2.45) is 4.99 Å². The van der Waals surface area contributed by atoms with Crippen LogP contribution < -0.4 is 29.1 Å². The lowest BCUT2D eigenvalue weighted by molar-refractivity contribution is -0.385.